The third-order valence-corrected chi connectivity index (χ3v) is 5.14. The first-order valence-electron chi connectivity index (χ1n) is 8.38. The summed E-state index contributed by atoms with van der Waals surface area (Å²) in [4.78, 5) is 0. The monoisotopic (exact) mass is 398 g/mol. The summed E-state index contributed by atoms with van der Waals surface area (Å²) in [6.07, 6.45) is 1.17. The van der Waals surface area contributed by atoms with Gasteiger partial charge in [-0.3, -0.25) is 0 Å². The molecule has 2 aromatic heterocycles. The predicted octanol–water partition coefficient (Wildman–Crippen LogP) is 2.12. The van der Waals surface area contributed by atoms with E-state index in [0.29, 0.717) is 5.13 Å². The fourth-order valence-corrected chi connectivity index (χ4v) is 3.87. The maximum atomic E-state index is 9.86. The molecule has 0 bridgehead atoms. The molecule has 4 rings (SSSR count). The number of hydrogen-bond acceptors (Lipinski definition) is 4. The number of benzene rings is 2. The molecule has 5 nitrogen and oxygen atoms in total. The van der Waals surface area contributed by atoms with Crippen molar-refractivity contribution < 1.29 is 22.1 Å². The van der Waals surface area contributed by atoms with Crippen molar-refractivity contribution in [2.24, 2.45) is 17.3 Å². The van der Waals surface area contributed by atoms with Crippen LogP contribution in [0.25, 0.3) is 22.2 Å². The van der Waals surface area contributed by atoms with Gasteiger partial charge in [0.05, 0.1) is 16.3 Å². The minimum Gasteiger partial charge on any atom is -1.00 e. The lowest BCUT2D eigenvalue weighted by atomic mass is 10.1. The van der Waals surface area contributed by atoms with Gasteiger partial charge < -0.3 is 22.1 Å². The van der Waals surface area contributed by atoms with Crippen LogP contribution in [0.4, 0.5) is 10.8 Å². The van der Waals surface area contributed by atoms with E-state index in [1.807, 2.05) is 49.0 Å². The Morgan fingerprint density at radius 3 is 2.48 bits per heavy atom. The highest BCUT2D eigenvalue weighted by atomic mass is 35.5. The summed E-state index contributed by atoms with van der Waals surface area (Å²) in [5, 5.41) is 22.5. The molecule has 0 saturated carbocycles. The zero-order valence-corrected chi connectivity index (χ0v) is 16.5. The molecule has 1 atom stereocenters. The number of azo groups is 1. The minimum absolute atomic E-state index is 0. The molecule has 0 aliphatic heterocycles. The second-order valence-electron chi connectivity index (χ2n) is 6.06. The Balaban J connectivity index is 0.00000210. The maximum absolute atomic E-state index is 9.86. The Morgan fingerprint density at radius 2 is 1.74 bits per heavy atom. The number of rotatable bonds is 4. The number of nitrogens with zero attached hydrogens (tertiary/aromatic N) is 4. The van der Waals surface area contributed by atoms with Gasteiger partial charge in [0.1, 0.15) is 11.9 Å². The summed E-state index contributed by atoms with van der Waals surface area (Å²) in [5.41, 5.74) is 4.06. The average molecular weight is 399 g/mol. The molecule has 2 heterocycles. The number of hydrogen-bond donors (Lipinski definition) is 1. The summed E-state index contributed by atoms with van der Waals surface area (Å²) in [5.74, 6) is 0. The summed E-state index contributed by atoms with van der Waals surface area (Å²) < 4.78 is 3.84. The predicted molar refractivity (Wildman–Crippen MR) is 104 cm³/mol. The quantitative estimate of drug-likeness (QED) is 0.415. The molecular weight excluding hydrogens is 380 g/mol. The number of thiazole rings is 1. The molecule has 0 aliphatic rings. The number of fused-ring (bicyclic) bond motifs is 1. The zero-order chi connectivity index (χ0) is 18.1. The second kappa shape index (κ2) is 8.00. The van der Waals surface area contributed by atoms with Crippen molar-refractivity contribution in [3.63, 3.8) is 0 Å². The lowest BCUT2D eigenvalue weighted by Gasteiger charge is -2.04. The molecule has 27 heavy (non-hydrogen) atoms. The van der Waals surface area contributed by atoms with Crippen molar-refractivity contribution in [1.82, 2.24) is 4.57 Å². The third-order valence-electron chi connectivity index (χ3n) is 4.38. The van der Waals surface area contributed by atoms with Crippen molar-refractivity contribution in [1.29, 1.82) is 0 Å². The molecule has 4 aromatic rings. The van der Waals surface area contributed by atoms with Crippen LogP contribution in [0.3, 0.4) is 0 Å². The van der Waals surface area contributed by atoms with Gasteiger partial charge in [0.15, 0.2) is 6.23 Å². The molecule has 0 fully saturated rings. The highest BCUT2D eigenvalue weighted by molar-refractivity contribution is 7.12. The van der Waals surface area contributed by atoms with E-state index < -0.39 is 6.23 Å². The van der Waals surface area contributed by atoms with Crippen molar-refractivity contribution in [3.8, 4) is 11.3 Å². The van der Waals surface area contributed by atoms with Crippen LogP contribution in [0.2, 0.25) is 0 Å². The van der Waals surface area contributed by atoms with E-state index >= 15 is 0 Å². The molecule has 0 spiro atoms. The van der Waals surface area contributed by atoms with Crippen molar-refractivity contribution in [2.75, 3.05) is 0 Å². The fourth-order valence-electron chi connectivity index (χ4n) is 3.13. The van der Waals surface area contributed by atoms with Gasteiger partial charge in [-0.2, -0.15) is 4.57 Å². The molecule has 0 aliphatic carbocycles. The van der Waals surface area contributed by atoms with E-state index in [4.69, 9.17) is 0 Å². The largest absolute Gasteiger partial charge is 1.00 e. The molecule has 0 saturated heterocycles. The zero-order valence-electron chi connectivity index (χ0n) is 15.0. The van der Waals surface area contributed by atoms with E-state index in [2.05, 4.69) is 39.1 Å². The minimum atomic E-state index is -0.642. The Kier molecular flexibility index (Phi) is 5.70. The van der Waals surface area contributed by atoms with Gasteiger partial charge in [-0.1, -0.05) is 48.5 Å². The molecule has 0 radical (unpaired) electrons. The Morgan fingerprint density at radius 1 is 1.04 bits per heavy atom. The molecular formula is C20H19ClN4OS. The Labute approximate surface area is 167 Å². The number of aryl methyl sites for hydroxylation is 1. The SMILES string of the molecule is CC(O)[n+]1ccsc1N=Nc1c(-c2ccccc2)n(C)c2ccccc12.[Cl-]. The summed E-state index contributed by atoms with van der Waals surface area (Å²) >= 11 is 1.45. The van der Waals surface area contributed by atoms with Crippen molar-refractivity contribution in [2.45, 2.75) is 13.2 Å². The average Bonchev–Trinajstić information content (AvgIpc) is 3.24. The fraction of sp³-hybridized carbons (Fsp3) is 0.150. The van der Waals surface area contributed by atoms with Crippen molar-refractivity contribution >= 4 is 33.1 Å². The lowest BCUT2D eigenvalue weighted by Crippen LogP contribution is -3.00. The standard InChI is InChI=1S/C20H19N4OS.ClH/c1-14(25)24-12-13-26-20(24)22-21-18-16-10-6-7-11-17(16)23(2)19(18)15-8-4-3-5-9-15;/h3-14,25H,1-2H3;1H/q+1;/p-1. The first-order chi connectivity index (χ1) is 12.7. The van der Waals surface area contributed by atoms with Gasteiger partial charge in [-0.15, -0.1) is 0 Å². The van der Waals surface area contributed by atoms with E-state index in [0.717, 1.165) is 27.8 Å². The van der Waals surface area contributed by atoms with Gasteiger partial charge >= 0.3 is 5.13 Å². The topological polar surface area (TPSA) is 53.8 Å². The normalized spacial score (nSPS) is 12.4. The first kappa shape index (κ1) is 19.2. The molecule has 1 N–H and O–H groups in total. The second-order valence-corrected chi connectivity index (χ2v) is 6.94. The molecule has 2 aromatic carbocycles. The number of halogens is 1. The number of aromatic nitrogens is 2. The Bertz CT molecular complexity index is 1090. The van der Waals surface area contributed by atoms with Crippen LogP contribution in [0.15, 0.2) is 76.4 Å². The van der Waals surface area contributed by atoms with Crippen LogP contribution < -0.4 is 17.0 Å². The lowest BCUT2D eigenvalue weighted by molar-refractivity contribution is -0.741. The summed E-state index contributed by atoms with van der Waals surface area (Å²) in [6, 6.07) is 18.4. The highest BCUT2D eigenvalue weighted by Gasteiger charge is 2.20. The molecule has 7 heteroatoms. The van der Waals surface area contributed by atoms with Crippen molar-refractivity contribution in [3.05, 3.63) is 66.2 Å². The first-order valence-corrected chi connectivity index (χ1v) is 9.26. The highest BCUT2D eigenvalue weighted by Crippen LogP contribution is 2.40. The number of aliphatic hydroxyl groups excluding tert-OH is 1. The summed E-state index contributed by atoms with van der Waals surface area (Å²) in [7, 11) is 2.05. The molecule has 138 valence electrons. The van der Waals surface area contributed by atoms with Crippen LogP contribution in [-0.4, -0.2) is 9.67 Å². The van der Waals surface area contributed by atoms with Crippen LogP contribution in [-0.2, 0) is 7.05 Å². The molecule has 0 amide bonds. The van der Waals surface area contributed by atoms with E-state index in [-0.39, 0.29) is 12.4 Å². The van der Waals surface area contributed by atoms with Crippen LogP contribution in [0, 0.1) is 0 Å². The third kappa shape index (κ3) is 3.51. The van der Waals surface area contributed by atoms with E-state index in [1.54, 1.807) is 11.5 Å². The number of para-hydroxylation sites is 1. The van der Waals surface area contributed by atoms with Gasteiger partial charge in [0, 0.05) is 30.3 Å². The van der Waals surface area contributed by atoms with Crippen LogP contribution in [0.5, 0.6) is 0 Å². The van der Waals surface area contributed by atoms with Crippen LogP contribution in [0.1, 0.15) is 13.2 Å². The maximum Gasteiger partial charge on any atom is 0.410 e. The Hall–Kier alpha value is -2.54. The molecule has 1 unspecified atom stereocenters. The van der Waals surface area contributed by atoms with Crippen LogP contribution >= 0.6 is 11.3 Å². The van der Waals surface area contributed by atoms with E-state index in [9.17, 15) is 5.11 Å². The number of aliphatic hydroxyl groups is 1. The van der Waals surface area contributed by atoms with E-state index in [1.165, 1.54) is 11.3 Å². The van der Waals surface area contributed by atoms with Gasteiger partial charge in [-0.05, 0) is 22.5 Å². The summed E-state index contributed by atoms with van der Waals surface area (Å²) in [6.45, 7) is 1.71. The van der Waals surface area contributed by atoms with Gasteiger partial charge in [-0.25, -0.2) is 0 Å². The van der Waals surface area contributed by atoms with Gasteiger partial charge in [0.25, 0.3) is 0 Å². The van der Waals surface area contributed by atoms with Gasteiger partial charge in [0.2, 0.25) is 0 Å². The smallest absolute Gasteiger partial charge is 0.410 e.